The summed E-state index contributed by atoms with van der Waals surface area (Å²) in [6.45, 7) is 4.19. The summed E-state index contributed by atoms with van der Waals surface area (Å²) >= 11 is 0. The Morgan fingerprint density at radius 1 is 1.29 bits per heavy atom. The number of aromatic nitrogens is 5. The Labute approximate surface area is 164 Å². The number of nitrogens with zero attached hydrogens (tertiary/aromatic N) is 5. The van der Waals surface area contributed by atoms with Crippen molar-refractivity contribution >= 4 is 11.9 Å². The van der Waals surface area contributed by atoms with Crippen LogP contribution < -0.4 is 5.32 Å². The highest BCUT2D eigenvalue weighted by molar-refractivity contribution is 5.86. The van der Waals surface area contributed by atoms with Crippen LogP contribution in [-0.4, -0.2) is 37.6 Å². The first-order valence-electron chi connectivity index (χ1n) is 9.17. The van der Waals surface area contributed by atoms with Crippen molar-refractivity contribution in [1.29, 1.82) is 0 Å². The van der Waals surface area contributed by atoms with E-state index in [1.165, 1.54) is 12.7 Å². The third kappa shape index (κ3) is 4.16. The largest absolute Gasteiger partial charge is 0.463 e. The summed E-state index contributed by atoms with van der Waals surface area (Å²) in [6, 6.07) is 4.05. The van der Waals surface area contributed by atoms with Crippen molar-refractivity contribution < 1.29 is 9.53 Å². The highest BCUT2D eigenvalue weighted by Crippen LogP contribution is 2.21. The second-order valence-corrected chi connectivity index (χ2v) is 6.51. The minimum absolute atomic E-state index is 0.0191. The quantitative estimate of drug-likeness (QED) is 0.629. The molecule has 0 aliphatic rings. The van der Waals surface area contributed by atoms with Gasteiger partial charge in [-0.25, -0.2) is 19.7 Å². The molecule has 0 amide bonds. The molecule has 3 aromatic heterocycles. The Kier molecular flexibility index (Phi) is 5.98. The Balaban J connectivity index is 1.76. The zero-order chi connectivity index (χ0) is 20.1. The average Bonchev–Trinajstić information content (AvgIpc) is 3.10. The van der Waals surface area contributed by atoms with Crippen LogP contribution >= 0.6 is 0 Å². The maximum absolute atomic E-state index is 11.7. The van der Waals surface area contributed by atoms with Crippen LogP contribution in [0.5, 0.6) is 0 Å². The molecule has 0 radical (unpaired) electrons. The SMILES string of the molecule is CCCc1cccnc1C(C)Nc1ncc(-c2cn(C)c(C(=O)OC)n2)cn1. The predicted octanol–water partition coefficient (Wildman–Crippen LogP) is 3.18. The van der Waals surface area contributed by atoms with Gasteiger partial charge in [0.05, 0.1) is 24.5 Å². The van der Waals surface area contributed by atoms with Crippen LogP contribution in [0, 0.1) is 0 Å². The van der Waals surface area contributed by atoms with Crippen LogP contribution in [0.25, 0.3) is 11.3 Å². The van der Waals surface area contributed by atoms with Gasteiger partial charge in [-0.15, -0.1) is 0 Å². The fourth-order valence-electron chi connectivity index (χ4n) is 3.00. The van der Waals surface area contributed by atoms with Crippen LogP contribution in [0.15, 0.2) is 36.9 Å². The van der Waals surface area contributed by atoms with E-state index in [1.54, 1.807) is 36.4 Å². The van der Waals surface area contributed by atoms with E-state index in [9.17, 15) is 4.79 Å². The molecule has 0 spiro atoms. The molecule has 1 atom stereocenters. The lowest BCUT2D eigenvalue weighted by atomic mass is 10.0. The van der Waals surface area contributed by atoms with E-state index in [-0.39, 0.29) is 11.9 Å². The number of anilines is 1. The number of esters is 1. The standard InChI is InChI=1S/C20H24N6O2/c1-5-7-14-8-6-9-21-17(14)13(2)24-20-22-10-15(11-23-20)16-12-26(3)18(25-16)19(27)28-4/h6,8-13H,5,7H2,1-4H3,(H,22,23,24). The lowest BCUT2D eigenvalue weighted by Gasteiger charge is -2.16. The third-order valence-electron chi connectivity index (χ3n) is 4.39. The first-order valence-corrected chi connectivity index (χ1v) is 9.17. The maximum Gasteiger partial charge on any atom is 0.374 e. The minimum Gasteiger partial charge on any atom is -0.463 e. The first kappa shape index (κ1) is 19.5. The van der Waals surface area contributed by atoms with E-state index >= 15 is 0 Å². The molecular formula is C20H24N6O2. The van der Waals surface area contributed by atoms with Gasteiger partial charge in [-0.3, -0.25) is 4.98 Å². The van der Waals surface area contributed by atoms with E-state index in [0.29, 0.717) is 17.2 Å². The number of nitrogens with one attached hydrogen (secondary N) is 1. The molecule has 0 aromatic carbocycles. The van der Waals surface area contributed by atoms with Gasteiger partial charge in [0.25, 0.3) is 0 Å². The zero-order valence-corrected chi connectivity index (χ0v) is 16.5. The number of carbonyl (C=O) groups is 1. The highest BCUT2D eigenvalue weighted by atomic mass is 16.5. The molecular weight excluding hydrogens is 356 g/mol. The molecule has 3 aromatic rings. The Morgan fingerprint density at radius 2 is 2.04 bits per heavy atom. The summed E-state index contributed by atoms with van der Waals surface area (Å²) in [4.78, 5) is 29.3. The summed E-state index contributed by atoms with van der Waals surface area (Å²) in [5.74, 6) is 0.250. The number of hydrogen-bond donors (Lipinski definition) is 1. The summed E-state index contributed by atoms with van der Waals surface area (Å²) < 4.78 is 6.35. The van der Waals surface area contributed by atoms with Gasteiger partial charge in [0.2, 0.25) is 11.8 Å². The van der Waals surface area contributed by atoms with Gasteiger partial charge in [0, 0.05) is 37.4 Å². The summed E-state index contributed by atoms with van der Waals surface area (Å²) in [7, 11) is 3.07. The number of pyridine rings is 1. The molecule has 0 aliphatic heterocycles. The van der Waals surface area contributed by atoms with Gasteiger partial charge < -0.3 is 14.6 Å². The van der Waals surface area contributed by atoms with Crippen LogP contribution in [-0.2, 0) is 18.2 Å². The topological polar surface area (TPSA) is 94.8 Å². The molecule has 0 fully saturated rings. The van der Waals surface area contributed by atoms with Crippen LogP contribution in [0.4, 0.5) is 5.95 Å². The molecule has 0 aliphatic carbocycles. The third-order valence-corrected chi connectivity index (χ3v) is 4.39. The Hall–Kier alpha value is -3.29. The number of imidazole rings is 1. The fraction of sp³-hybridized carbons (Fsp3) is 0.350. The number of hydrogen-bond acceptors (Lipinski definition) is 7. The van der Waals surface area contributed by atoms with E-state index in [2.05, 4.69) is 38.2 Å². The van der Waals surface area contributed by atoms with Crippen LogP contribution in [0.3, 0.4) is 0 Å². The number of rotatable bonds is 7. The summed E-state index contributed by atoms with van der Waals surface area (Å²) in [5.41, 5.74) is 3.56. The predicted molar refractivity (Wildman–Crippen MR) is 106 cm³/mol. The highest BCUT2D eigenvalue weighted by Gasteiger charge is 2.16. The lowest BCUT2D eigenvalue weighted by Crippen LogP contribution is -2.13. The lowest BCUT2D eigenvalue weighted by molar-refractivity contribution is 0.0583. The molecule has 28 heavy (non-hydrogen) atoms. The van der Waals surface area contributed by atoms with Crippen molar-refractivity contribution in [2.24, 2.45) is 7.05 Å². The second-order valence-electron chi connectivity index (χ2n) is 6.51. The smallest absolute Gasteiger partial charge is 0.374 e. The van der Waals surface area contributed by atoms with E-state index in [1.807, 2.05) is 13.0 Å². The molecule has 8 heteroatoms. The summed E-state index contributed by atoms with van der Waals surface area (Å²) in [5, 5.41) is 3.30. The number of methoxy groups -OCH3 is 1. The van der Waals surface area contributed by atoms with Crippen molar-refractivity contribution in [1.82, 2.24) is 24.5 Å². The van der Waals surface area contributed by atoms with Crippen LogP contribution in [0.2, 0.25) is 0 Å². The van der Waals surface area contributed by atoms with Crippen LogP contribution in [0.1, 0.15) is 48.2 Å². The second kappa shape index (κ2) is 8.60. The molecule has 0 saturated heterocycles. The number of ether oxygens (including phenoxy) is 1. The summed E-state index contributed by atoms with van der Waals surface area (Å²) in [6.07, 6.45) is 8.95. The van der Waals surface area contributed by atoms with E-state index in [4.69, 9.17) is 4.74 Å². The monoisotopic (exact) mass is 380 g/mol. The molecule has 146 valence electrons. The van der Waals surface area contributed by atoms with Crippen molar-refractivity contribution in [2.45, 2.75) is 32.7 Å². The minimum atomic E-state index is -0.486. The van der Waals surface area contributed by atoms with Crippen molar-refractivity contribution in [3.63, 3.8) is 0 Å². The molecule has 8 nitrogen and oxygen atoms in total. The molecule has 1 unspecified atom stereocenters. The Bertz CT molecular complexity index is 952. The number of aryl methyl sites for hydroxylation is 2. The van der Waals surface area contributed by atoms with Gasteiger partial charge in [-0.2, -0.15) is 0 Å². The average molecular weight is 380 g/mol. The van der Waals surface area contributed by atoms with Crippen molar-refractivity contribution in [3.05, 3.63) is 54.0 Å². The van der Waals surface area contributed by atoms with E-state index in [0.717, 1.165) is 18.5 Å². The van der Waals surface area contributed by atoms with Crippen molar-refractivity contribution in [2.75, 3.05) is 12.4 Å². The molecule has 1 N–H and O–H groups in total. The van der Waals surface area contributed by atoms with Gasteiger partial charge in [-0.1, -0.05) is 19.4 Å². The fourth-order valence-corrected chi connectivity index (χ4v) is 3.00. The normalized spacial score (nSPS) is 11.9. The maximum atomic E-state index is 11.7. The molecule has 3 rings (SSSR count). The molecule has 0 saturated carbocycles. The molecule has 3 heterocycles. The van der Waals surface area contributed by atoms with Gasteiger partial charge in [0.1, 0.15) is 0 Å². The number of carbonyl (C=O) groups excluding carboxylic acids is 1. The first-order chi connectivity index (χ1) is 13.5. The van der Waals surface area contributed by atoms with Gasteiger partial charge in [-0.05, 0) is 25.0 Å². The van der Waals surface area contributed by atoms with Gasteiger partial charge >= 0.3 is 5.97 Å². The molecule has 0 bridgehead atoms. The zero-order valence-electron chi connectivity index (χ0n) is 16.5. The van der Waals surface area contributed by atoms with Crippen molar-refractivity contribution in [3.8, 4) is 11.3 Å². The van der Waals surface area contributed by atoms with Gasteiger partial charge in [0.15, 0.2) is 0 Å². The Morgan fingerprint density at radius 3 is 2.71 bits per heavy atom. The van der Waals surface area contributed by atoms with E-state index < -0.39 is 5.97 Å².